The maximum atomic E-state index is 12.3. The second kappa shape index (κ2) is 11.5. The van der Waals surface area contributed by atoms with Gasteiger partial charge in [-0.3, -0.25) is 9.19 Å². The Bertz CT molecular complexity index is 1290. The van der Waals surface area contributed by atoms with E-state index in [1.807, 2.05) is 51.1 Å². The van der Waals surface area contributed by atoms with Gasteiger partial charge in [-0.1, -0.05) is 69.2 Å². The molecule has 7 nitrogen and oxygen atoms in total. The molecule has 4 aromatic rings. The molecule has 0 radical (unpaired) electrons. The van der Waals surface area contributed by atoms with Crippen LogP contribution in [0.2, 0.25) is 0 Å². The summed E-state index contributed by atoms with van der Waals surface area (Å²) in [6.45, 7) is 10.9. The van der Waals surface area contributed by atoms with Crippen LogP contribution in [0, 0.1) is 6.92 Å². The molecule has 0 spiro atoms. The molecule has 2 aromatic heterocycles. The fourth-order valence-electron chi connectivity index (χ4n) is 3.49. The number of hydrogen-bond donors (Lipinski definition) is 1. The van der Waals surface area contributed by atoms with E-state index in [0.29, 0.717) is 17.5 Å². The lowest BCUT2D eigenvalue weighted by Gasteiger charge is -2.08. The van der Waals surface area contributed by atoms with Crippen LogP contribution in [0.25, 0.3) is 34.0 Å². The number of hydrogen-bond acceptors (Lipinski definition) is 6. The Morgan fingerprint density at radius 1 is 0.971 bits per heavy atom. The topological polar surface area (TPSA) is 112 Å². The Labute approximate surface area is 211 Å². The van der Waals surface area contributed by atoms with Crippen LogP contribution in [0.5, 0.6) is 0 Å². The van der Waals surface area contributed by atoms with Gasteiger partial charge in [-0.25, -0.2) is 4.98 Å². The zero-order valence-electron chi connectivity index (χ0n) is 20.7. The first kappa shape index (κ1) is 26.4. The van der Waals surface area contributed by atoms with E-state index >= 15 is 0 Å². The quantitative estimate of drug-likeness (QED) is 0.347. The van der Waals surface area contributed by atoms with Crippen LogP contribution in [0.3, 0.4) is 0 Å². The molecular weight excluding hydrogens is 460 g/mol. The van der Waals surface area contributed by atoms with Crippen molar-refractivity contribution in [3.05, 3.63) is 72.1 Å². The summed E-state index contributed by atoms with van der Waals surface area (Å²) in [5.41, 5.74) is 6.01. The van der Waals surface area contributed by atoms with E-state index in [0.717, 1.165) is 39.6 Å². The number of aryl methyl sites for hydroxylation is 1. The second-order valence-electron chi connectivity index (χ2n) is 8.87. The predicted octanol–water partition coefficient (Wildman–Crippen LogP) is 5.46. The normalized spacial score (nSPS) is 12.1. The first-order chi connectivity index (χ1) is 16.3. The third-order valence-corrected chi connectivity index (χ3v) is 7.07. The third kappa shape index (κ3) is 6.28. The number of benzene rings is 2. The highest BCUT2D eigenvalue weighted by molar-refractivity contribution is 7.85. The second-order valence-corrected chi connectivity index (χ2v) is 10.9. The van der Waals surface area contributed by atoms with Crippen LogP contribution in [0.1, 0.15) is 41.8 Å². The highest BCUT2D eigenvalue weighted by Gasteiger charge is 2.15. The molecule has 0 fully saturated rings. The largest absolute Gasteiger partial charge is 0.412 e. The van der Waals surface area contributed by atoms with Crippen LogP contribution in [-0.4, -0.2) is 36.1 Å². The fraction of sp³-hybridized carbons (Fsp3) is 0.296. The van der Waals surface area contributed by atoms with Gasteiger partial charge in [-0.2, -0.15) is 0 Å². The molecule has 0 saturated carbocycles. The molecule has 0 aliphatic carbocycles. The summed E-state index contributed by atoms with van der Waals surface area (Å²) in [5.74, 6) is 0.574. The summed E-state index contributed by atoms with van der Waals surface area (Å²) in [6, 6.07) is 18.3. The van der Waals surface area contributed by atoms with Gasteiger partial charge in [0.05, 0.1) is 28.4 Å². The number of aromatic nitrogens is 3. The maximum Gasteiger partial charge on any atom is 0.187 e. The zero-order valence-corrected chi connectivity index (χ0v) is 21.5. The van der Waals surface area contributed by atoms with Gasteiger partial charge in [0, 0.05) is 42.8 Å². The van der Waals surface area contributed by atoms with E-state index in [4.69, 9.17) is 9.51 Å². The molecule has 0 bridgehead atoms. The molecule has 0 aliphatic heterocycles. The molecule has 2 heterocycles. The van der Waals surface area contributed by atoms with Crippen molar-refractivity contribution in [3.8, 4) is 34.0 Å². The van der Waals surface area contributed by atoms with Crippen LogP contribution in [0.15, 0.2) is 70.2 Å². The predicted molar refractivity (Wildman–Crippen MR) is 144 cm³/mol. The molecule has 4 rings (SSSR count). The van der Waals surface area contributed by atoms with Crippen LogP contribution >= 0.6 is 0 Å². The summed E-state index contributed by atoms with van der Waals surface area (Å²) in [6.07, 6.45) is 1.74. The summed E-state index contributed by atoms with van der Waals surface area (Å²) in [4.78, 5) is 10.1. The molecule has 188 valence electrons. The Morgan fingerprint density at radius 3 is 2.23 bits per heavy atom. The van der Waals surface area contributed by atoms with Crippen molar-refractivity contribution >= 4 is 10.8 Å². The van der Waals surface area contributed by atoms with E-state index < -0.39 is 10.8 Å². The highest BCUT2D eigenvalue weighted by atomic mass is 32.2. The molecule has 8 heteroatoms. The Kier molecular flexibility index (Phi) is 8.67. The third-order valence-electron chi connectivity index (χ3n) is 5.47. The molecule has 0 aliphatic rings. The van der Waals surface area contributed by atoms with E-state index in [1.54, 1.807) is 6.20 Å². The smallest absolute Gasteiger partial charge is 0.187 e. The highest BCUT2D eigenvalue weighted by Crippen LogP contribution is 2.29. The van der Waals surface area contributed by atoms with Crippen molar-refractivity contribution in [2.24, 2.45) is 0 Å². The summed E-state index contributed by atoms with van der Waals surface area (Å²) in [5, 5.41) is 7.76. The van der Waals surface area contributed by atoms with Gasteiger partial charge >= 0.3 is 0 Å². The molecule has 3 N–H and O–H groups in total. The van der Waals surface area contributed by atoms with Gasteiger partial charge in [0.25, 0.3) is 0 Å². The van der Waals surface area contributed by atoms with Gasteiger partial charge in [-0.05, 0) is 24.6 Å². The summed E-state index contributed by atoms with van der Waals surface area (Å²) >= 11 is 0. The van der Waals surface area contributed by atoms with Crippen molar-refractivity contribution in [1.82, 2.24) is 20.4 Å². The zero-order chi connectivity index (χ0) is 24.2. The van der Waals surface area contributed by atoms with Crippen LogP contribution < -0.4 is 5.32 Å². The Morgan fingerprint density at radius 2 is 1.60 bits per heavy atom. The molecule has 2 aromatic carbocycles. The average molecular weight is 497 g/mol. The van der Waals surface area contributed by atoms with Crippen molar-refractivity contribution < 1.29 is 17.1 Å². The lowest BCUT2D eigenvalue weighted by Crippen LogP contribution is -2.21. The van der Waals surface area contributed by atoms with E-state index in [2.05, 4.69) is 53.6 Å². The minimum atomic E-state index is -1.02. The SMILES string of the molecule is Cc1ncc(-c2ccc(S(=O)C(C)C)cc2)nc1-c1cc(-c2ccc(CNC(C)C)cc2)no1.O.[HH].[HH]. The summed E-state index contributed by atoms with van der Waals surface area (Å²) < 4.78 is 18.0. The molecule has 0 amide bonds. The van der Waals surface area contributed by atoms with Gasteiger partial charge in [0.1, 0.15) is 11.4 Å². The first-order valence-corrected chi connectivity index (χ1v) is 12.7. The standard InChI is InChI=1S/C27H30N4O2S.H2O.2H2/c1-17(2)28-15-20-6-8-21(9-7-20)24-14-26(33-31-24)27-19(5)29-16-25(30-27)22-10-12-23(13-11-22)34(32)18(3)4;;;/h6-14,16-18,28H,15H2,1-5H3;1H2;2*1H. The summed E-state index contributed by atoms with van der Waals surface area (Å²) in [7, 11) is -1.02. The van der Waals surface area contributed by atoms with Gasteiger partial charge in [-0.15, -0.1) is 0 Å². The first-order valence-electron chi connectivity index (χ1n) is 11.5. The van der Waals surface area contributed by atoms with Crippen molar-refractivity contribution in [2.45, 2.75) is 57.4 Å². The van der Waals surface area contributed by atoms with Crippen molar-refractivity contribution in [1.29, 1.82) is 0 Å². The Balaban J connectivity index is 0.00000228. The van der Waals surface area contributed by atoms with Crippen LogP contribution in [0.4, 0.5) is 0 Å². The Hall–Kier alpha value is -3.20. The molecule has 1 unspecified atom stereocenters. The van der Waals surface area contributed by atoms with Crippen molar-refractivity contribution in [2.75, 3.05) is 0 Å². The lowest BCUT2D eigenvalue weighted by molar-refractivity contribution is 0.433. The lowest BCUT2D eigenvalue weighted by atomic mass is 10.1. The van der Waals surface area contributed by atoms with E-state index in [1.165, 1.54) is 5.56 Å². The number of rotatable bonds is 8. The van der Waals surface area contributed by atoms with Gasteiger partial charge < -0.3 is 15.3 Å². The molecule has 0 saturated heterocycles. The van der Waals surface area contributed by atoms with E-state index in [-0.39, 0.29) is 13.6 Å². The minimum Gasteiger partial charge on any atom is -0.412 e. The van der Waals surface area contributed by atoms with Gasteiger partial charge in [0.2, 0.25) is 0 Å². The van der Waals surface area contributed by atoms with Crippen LogP contribution in [-0.2, 0) is 17.3 Å². The fourth-order valence-corrected chi connectivity index (χ4v) is 4.44. The average Bonchev–Trinajstić information content (AvgIpc) is 3.33. The van der Waals surface area contributed by atoms with E-state index in [9.17, 15) is 4.21 Å². The molecular formula is C27H36N4O3S. The molecule has 1 atom stereocenters. The minimum absolute atomic E-state index is 0. The number of nitrogens with zero attached hydrogens (tertiary/aromatic N) is 3. The monoisotopic (exact) mass is 496 g/mol. The van der Waals surface area contributed by atoms with Crippen molar-refractivity contribution in [3.63, 3.8) is 0 Å². The molecule has 35 heavy (non-hydrogen) atoms. The number of nitrogens with one attached hydrogen (secondary N) is 1. The maximum absolute atomic E-state index is 12.3. The van der Waals surface area contributed by atoms with Gasteiger partial charge in [0.15, 0.2) is 5.76 Å².